The first kappa shape index (κ1) is 14.2. The Kier molecular flexibility index (Phi) is 5.18. The van der Waals surface area contributed by atoms with Gasteiger partial charge in [-0.1, -0.05) is 15.9 Å². The fraction of sp³-hybridized carbons (Fsp3) is 0.667. The fourth-order valence-corrected chi connectivity index (χ4v) is 2.10. The Balaban J connectivity index is 3.20. The van der Waals surface area contributed by atoms with Crippen LogP contribution in [0.2, 0.25) is 0 Å². The maximum Gasteiger partial charge on any atom is 0.293 e. The normalized spacial score (nSPS) is 11.2. The van der Waals surface area contributed by atoms with Gasteiger partial charge in [-0.3, -0.25) is 4.79 Å². The van der Waals surface area contributed by atoms with Gasteiger partial charge < -0.3 is 9.47 Å². The number of hydrogen-bond donors (Lipinski definition) is 0. The molecule has 0 amide bonds. The lowest BCUT2D eigenvalue weighted by atomic mass is 10.3. The smallest absolute Gasteiger partial charge is 0.293 e. The number of nitrogens with zero attached hydrogens (tertiary/aromatic N) is 3. The van der Waals surface area contributed by atoms with Crippen molar-refractivity contribution in [2.45, 2.75) is 39.8 Å². The average Bonchev–Trinajstić information content (AvgIpc) is 2.26. The van der Waals surface area contributed by atoms with E-state index in [0.29, 0.717) is 5.82 Å². The molecule has 0 N–H and O–H groups in total. The van der Waals surface area contributed by atoms with Crippen molar-refractivity contribution in [3.8, 4) is 0 Å². The molecule has 5 heteroatoms. The molecule has 0 atom stereocenters. The van der Waals surface area contributed by atoms with E-state index in [1.54, 1.807) is 17.0 Å². The van der Waals surface area contributed by atoms with Gasteiger partial charge in [0.15, 0.2) is 5.82 Å². The third kappa shape index (κ3) is 3.31. The van der Waals surface area contributed by atoms with Crippen molar-refractivity contribution in [2.75, 3.05) is 16.8 Å². The molecule has 0 fully saturated rings. The highest BCUT2D eigenvalue weighted by Crippen LogP contribution is 2.10. The van der Waals surface area contributed by atoms with Gasteiger partial charge in [0, 0.05) is 36.4 Å². The molecule has 0 aliphatic rings. The van der Waals surface area contributed by atoms with Gasteiger partial charge in [-0.05, 0) is 27.7 Å². The van der Waals surface area contributed by atoms with Gasteiger partial charge >= 0.3 is 0 Å². The highest BCUT2D eigenvalue weighted by Gasteiger charge is 2.16. The zero-order valence-corrected chi connectivity index (χ0v) is 12.4. The molecule has 4 nitrogen and oxygen atoms in total. The van der Waals surface area contributed by atoms with E-state index in [2.05, 4.69) is 34.8 Å². The Morgan fingerprint density at radius 2 is 2.06 bits per heavy atom. The highest BCUT2D eigenvalue weighted by molar-refractivity contribution is 9.09. The second-order valence-corrected chi connectivity index (χ2v) is 5.33. The first-order chi connectivity index (χ1) is 7.99. The zero-order valence-electron chi connectivity index (χ0n) is 10.9. The van der Waals surface area contributed by atoms with Crippen molar-refractivity contribution in [2.24, 2.45) is 0 Å². The van der Waals surface area contributed by atoms with Crippen LogP contribution in [0, 0.1) is 0 Å². The first-order valence-corrected chi connectivity index (χ1v) is 7.01. The lowest BCUT2D eigenvalue weighted by Crippen LogP contribution is -2.39. The Morgan fingerprint density at radius 3 is 2.53 bits per heavy atom. The minimum atomic E-state index is -0.0165. The van der Waals surface area contributed by atoms with Crippen molar-refractivity contribution in [3.05, 3.63) is 22.7 Å². The first-order valence-electron chi connectivity index (χ1n) is 5.88. The van der Waals surface area contributed by atoms with E-state index in [-0.39, 0.29) is 17.6 Å². The summed E-state index contributed by atoms with van der Waals surface area (Å²) >= 11 is 3.41. The zero-order chi connectivity index (χ0) is 13.0. The van der Waals surface area contributed by atoms with Crippen LogP contribution < -0.4 is 10.5 Å². The summed E-state index contributed by atoms with van der Waals surface area (Å²) in [5, 5.41) is 0.822. The molecule has 0 radical (unpaired) electrons. The number of rotatable bonds is 5. The fourth-order valence-electron chi connectivity index (χ4n) is 1.72. The van der Waals surface area contributed by atoms with E-state index in [1.165, 1.54) is 0 Å². The largest absolute Gasteiger partial charge is 0.349 e. The Labute approximate surface area is 111 Å². The molecule has 96 valence electrons. The summed E-state index contributed by atoms with van der Waals surface area (Å²) in [4.78, 5) is 18.5. The molecule has 0 saturated heterocycles. The molecule has 1 rings (SSSR count). The molecule has 0 aromatic carbocycles. The van der Waals surface area contributed by atoms with E-state index < -0.39 is 0 Å². The molecule has 1 aromatic heterocycles. The third-order valence-electron chi connectivity index (χ3n) is 2.63. The molecular formula is C12H20BrN3O. The molecule has 0 saturated carbocycles. The van der Waals surface area contributed by atoms with Crippen LogP contribution in [0.5, 0.6) is 0 Å². The summed E-state index contributed by atoms with van der Waals surface area (Å²) in [7, 11) is 0. The van der Waals surface area contributed by atoms with Gasteiger partial charge in [0.05, 0.1) is 0 Å². The van der Waals surface area contributed by atoms with E-state index in [9.17, 15) is 4.79 Å². The van der Waals surface area contributed by atoms with Gasteiger partial charge in [0.25, 0.3) is 5.56 Å². The summed E-state index contributed by atoms with van der Waals surface area (Å²) in [5.41, 5.74) is -0.0165. The van der Waals surface area contributed by atoms with E-state index in [1.807, 2.05) is 18.7 Å². The Morgan fingerprint density at radius 1 is 1.41 bits per heavy atom. The van der Waals surface area contributed by atoms with Crippen LogP contribution in [0.4, 0.5) is 5.82 Å². The summed E-state index contributed by atoms with van der Waals surface area (Å²) < 4.78 is 1.71. The van der Waals surface area contributed by atoms with Crippen LogP contribution >= 0.6 is 15.9 Å². The number of hydrogen-bond acceptors (Lipinski definition) is 3. The van der Waals surface area contributed by atoms with Crippen molar-refractivity contribution in [1.29, 1.82) is 0 Å². The summed E-state index contributed by atoms with van der Waals surface area (Å²) in [6.45, 7) is 8.90. The third-order valence-corrected chi connectivity index (χ3v) is 2.98. The van der Waals surface area contributed by atoms with Crippen LogP contribution in [0.3, 0.4) is 0 Å². The van der Waals surface area contributed by atoms with Crippen LogP contribution in [0.25, 0.3) is 0 Å². The Bertz CT molecular complexity index is 414. The summed E-state index contributed by atoms with van der Waals surface area (Å²) in [6, 6.07) is 0.415. The molecule has 1 heterocycles. The van der Waals surface area contributed by atoms with Gasteiger partial charge in [-0.25, -0.2) is 4.98 Å². The SMILES string of the molecule is CC(C)N(CCBr)c1nccn(C(C)C)c1=O. The van der Waals surface area contributed by atoms with Crippen LogP contribution in [0.1, 0.15) is 33.7 Å². The molecule has 1 aromatic rings. The summed E-state index contributed by atoms with van der Waals surface area (Å²) in [6.07, 6.45) is 3.43. The monoisotopic (exact) mass is 301 g/mol. The lowest BCUT2D eigenvalue weighted by molar-refractivity contribution is 0.567. The maximum atomic E-state index is 12.3. The van der Waals surface area contributed by atoms with E-state index in [4.69, 9.17) is 0 Å². The lowest BCUT2D eigenvalue weighted by Gasteiger charge is -2.27. The van der Waals surface area contributed by atoms with Crippen LogP contribution in [-0.2, 0) is 0 Å². The second kappa shape index (κ2) is 6.19. The molecule has 0 bridgehead atoms. The van der Waals surface area contributed by atoms with Gasteiger partial charge in [0.1, 0.15) is 0 Å². The van der Waals surface area contributed by atoms with Crippen molar-refractivity contribution in [1.82, 2.24) is 9.55 Å². The van der Waals surface area contributed by atoms with Gasteiger partial charge in [0.2, 0.25) is 0 Å². The number of halogens is 1. The Hall–Kier alpha value is -0.840. The maximum absolute atomic E-state index is 12.3. The quantitative estimate of drug-likeness (QED) is 0.784. The molecule has 0 aliphatic carbocycles. The minimum Gasteiger partial charge on any atom is -0.349 e. The van der Waals surface area contributed by atoms with Crippen molar-refractivity contribution >= 4 is 21.7 Å². The molecule has 0 spiro atoms. The second-order valence-electron chi connectivity index (χ2n) is 4.53. The molecule has 17 heavy (non-hydrogen) atoms. The summed E-state index contributed by atoms with van der Waals surface area (Å²) in [5.74, 6) is 0.538. The average molecular weight is 302 g/mol. The number of alkyl halides is 1. The van der Waals surface area contributed by atoms with Gasteiger partial charge in [-0.15, -0.1) is 0 Å². The molecule has 0 aliphatic heterocycles. The number of aromatic nitrogens is 2. The minimum absolute atomic E-state index is 0.0165. The van der Waals surface area contributed by atoms with Crippen molar-refractivity contribution in [3.63, 3.8) is 0 Å². The predicted octanol–water partition coefficient (Wildman–Crippen LogP) is 2.43. The van der Waals surface area contributed by atoms with Crippen LogP contribution in [0.15, 0.2) is 17.2 Å². The molecular weight excluding hydrogens is 282 g/mol. The van der Waals surface area contributed by atoms with Crippen molar-refractivity contribution < 1.29 is 0 Å². The van der Waals surface area contributed by atoms with Crippen LogP contribution in [-0.4, -0.2) is 27.5 Å². The predicted molar refractivity (Wildman–Crippen MR) is 75.2 cm³/mol. The van der Waals surface area contributed by atoms with E-state index >= 15 is 0 Å². The van der Waals surface area contributed by atoms with Gasteiger partial charge in [-0.2, -0.15) is 0 Å². The number of anilines is 1. The van der Waals surface area contributed by atoms with E-state index in [0.717, 1.165) is 11.9 Å². The highest BCUT2D eigenvalue weighted by atomic mass is 79.9. The topological polar surface area (TPSA) is 38.1 Å². The standard InChI is InChI=1S/C12H20BrN3O/c1-9(2)15(7-5-13)11-12(17)16(10(3)4)8-6-14-11/h6,8-10H,5,7H2,1-4H3. The molecule has 0 unspecified atom stereocenters.